The third-order valence-electron chi connectivity index (χ3n) is 1.75. The first kappa shape index (κ1) is 12.8. The van der Waals surface area contributed by atoms with Crippen molar-refractivity contribution in [3.05, 3.63) is 0 Å². The zero-order valence-corrected chi connectivity index (χ0v) is 6.90. The Balaban J connectivity index is 0.00000121. The Morgan fingerprint density at radius 3 is 1.33 bits per heavy atom. The zero-order valence-electron chi connectivity index (χ0n) is 5.48. The molecule has 1 saturated heterocycles. The van der Waals surface area contributed by atoms with E-state index in [1.807, 2.05) is 0 Å². The van der Waals surface area contributed by atoms with Gasteiger partial charge in [-0.25, -0.2) is 13.2 Å². The average Bonchev–Trinajstić information content (AvgIpc) is 1.97. The predicted octanol–water partition coefficient (Wildman–Crippen LogP) is 0.394. The van der Waals surface area contributed by atoms with Gasteiger partial charge in [-0.2, -0.15) is 0 Å². The van der Waals surface area contributed by atoms with Gasteiger partial charge in [0.1, 0.15) is 0 Å². The SMILES string of the molecule is F[CH]1[AlH][CH](F)C(F)C(F)C1F.[LiH]. The van der Waals surface area contributed by atoms with Crippen molar-refractivity contribution in [1.29, 1.82) is 0 Å². The van der Waals surface area contributed by atoms with Crippen molar-refractivity contribution in [3.63, 3.8) is 0 Å². The Hall–Kier alpha value is 0.780. The molecule has 0 amide bonds. The minimum atomic E-state index is -2.62. The second-order valence-corrected chi connectivity index (χ2v) is 4.63. The molecular formula is C5H7AlF5Li. The van der Waals surface area contributed by atoms with E-state index in [4.69, 9.17) is 0 Å². The fourth-order valence-corrected chi connectivity index (χ4v) is 2.52. The molecule has 0 N–H and O–H groups in total. The first-order valence-electron chi connectivity index (χ1n) is 3.24. The summed E-state index contributed by atoms with van der Waals surface area (Å²) in [6.45, 7) is 0. The van der Waals surface area contributed by atoms with Gasteiger partial charge in [0.15, 0.2) is 18.5 Å². The van der Waals surface area contributed by atoms with Crippen molar-refractivity contribution in [2.24, 2.45) is 0 Å². The third-order valence-corrected chi connectivity index (χ3v) is 3.55. The van der Waals surface area contributed by atoms with Crippen LogP contribution < -0.4 is 0 Å². The maximum absolute atomic E-state index is 12.3. The second-order valence-electron chi connectivity index (χ2n) is 2.60. The summed E-state index contributed by atoms with van der Waals surface area (Å²) < 4.78 is 61.4. The summed E-state index contributed by atoms with van der Waals surface area (Å²) in [6.07, 6.45) is -7.53. The molecule has 0 nitrogen and oxygen atoms in total. The normalized spacial score (nSPS) is 47.6. The van der Waals surface area contributed by atoms with Gasteiger partial charge in [0, 0.05) is 0 Å². The molecule has 1 fully saturated rings. The van der Waals surface area contributed by atoms with E-state index in [1.165, 1.54) is 0 Å². The van der Waals surface area contributed by atoms with Crippen LogP contribution in [0.15, 0.2) is 0 Å². The Morgan fingerprint density at radius 1 is 0.667 bits per heavy atom. The molecule has 0 aromatic rings. The average molecular weight is 196 g/mol. The molecule has 0 spiro atoms. The number of rotatable bonds is 0. The maximum atomic E-state index is 12.3. The summed E-state index contributed by atoms with van der Waals surface area (Å²) in [5.74, 6) is 0. The second kappa shape index (κ2) is 4.86. The van der Waals surface area contributed by atoms with Gasteiger partial charge < -0.3 is 0 Å². The standard InChI is InChI=1S/C5H5F5.Al.Li.2H/c6-1-3(8)5(10)4(9)2-7;;;;/h1-5H;;;;. The summed E-state index contributed by atoms with van der Waals surface area (Å²) in [5.41, 5.74) is 0. The molecule has 0 bridgehead atoms. The molecule has 1 rings (SSSR count). The zero-order chi connectivity index (χ0) is 8.59. The third kappa shape index (κ3) is 2.39. The van der Waals surface area contributed by atoms with Gasteiger partial charge in [-0.15, -0.1) is 0 Å². The van der Waals surface area contributed by atoms with Crippen LogP contribution >= 0.6 is 0 Å². The molecule has 0 saturated carbocycles. The Kier molecular flexibility index (Phi) is 5.18. The summed E-state index contributed by atoms with van der Waals surface area (Å²) in [4.78, 5) is 0. The van der Waals surface area contributed by atoms with Crippen LogP contribution in [0.1, 0.15) is 0 Å². The molecule has 1 aliphatic rings. The molecule has 4 unspecified atom stereocenters. The van der Waals surface area contributed by atoms with Crippen LogP contribution in [0.5, 0.6) is 0 Å². The van der Waals surface area contributed by atoms with E-state index in [0.717, 1.165) is 0 Å². The Morgan fingerprint density at radius 2 is 1.00 bits per heavy atom. The molecule has 4 atom stereocenters. The van der Waals surface area contributed by atoms with E-state index in [9.17, 15) is 22.0 Å². The number of hydrogen-bond acceptors (Lipinski definition) is 0. The summed E-state index contributed by atoms with van der Waals surface area (Å²) in [6, 6.07) is 0. The van der Waals surface area contributed by atoms with Crippen LogP contribution in [0.25, 0.3) is 0 Å². The van der Waals surface area contributed by atoms with E-state index >= 15 is 0 Å². The molecule has 1 heterocycles. The van der Waals surface area contributed by atoms with E-state index in [-0.39, 0.29) is 18.9 Å². The van der Waals surface area contributed by atoms with Crippen LogP contribution in [0.3, 0.4) is 0 Å². The molecule has 0 aromatic carbocycles. The topological polar surface area (TPSA) is 0 Å². The van der Waals surface area contributed by atoms with Crippen molar-refractivity contribution in [2.75, 3.05) is 0 Å². The molecule has 0 aromatic heterocycles. The van der Waals surface area contributed by atoms with E-state index in [0.29, 0.717) is 0 Å². The van der Waals surface area contributed by atoms with Gasteiger partial charge >= 0.3 is 34.1 Å². The molecule has 0 aliphatic carbocycles. The van der Waals surface area contributed by atoms with Gasteiger partial charge in [0.25, 0.3) is 0 Å². The van der Waals surface area contributed by atoms with Crippen LogP contribution in [0.2, 0.25) is 0 Å². The van der Waals surface area contributed by atoms with E-state index in [1.54, 1.807) is 0 Å². The molecule has 1 aliphatic heterocycles. The van der Waals surface area contributed by atoms with Gasteiger partial charge in [0.2, 0.25) is 0 Å². The summed E-state index contributed by atoms with van der Waals surface area (Å²) >= 11 is -2.09. The van der Waals surface area contributed by atoms with Crippen LogP contribution in [-0.2, 0) is 0 Å². The molecular weight excluding hydrogens is 189 g/mol. The molecule has 0 radical (unpaired) electrons. The van der Waals surface area contributed by atoms with Crippen molar-refractivity contribution in [1.82, 2.24) is 0 Å². The number of hydrogen-bond donors (Lipinski definition) is 0. The van der Waals surface area contributed by atoms with Crippen molar-refractivity contribution in [3.8, 4) is 0 Å². The van der Waals surface area contributed by atoms with Gasteiger partial charge in [-0.05, 0) is 0 Å². The quantitative estimate of drug-likeness (QED) is 0.388. The number of alkyl halides is 5. The van der Waals surface area contributed by atoms with Gasteiger partial charge in [0.05, 0.1) is 10.1 Å². The Bertz CT molecular complexity index is 134. The summed E-state index contributed by atoms with van der Waals surface area (Å²) in [7, 11) is 0. The van der Waals surface area contributed by atoms with Crippen LogP contribution in [0.4, 0.5) is 22.0 Å². The van der Waals surface area contributed by atoms with Gasteiger partial charge in [-0.1, -0.05) is 0 Å². The molecule has 12 heavy (non-hydrogen) atoms. The van der Waals surface area contributed by atoms with E-state index in [2.05, 4.69) is 0 Å². The molecule has 66 valence electrons. The fraction of sp³-hybridized carbons (Fsp3) is 1.00. The Labute approximate surface area is 84.8 Å². The fourth-order valence-electron chi connectivity index (χ4n) is 1.05. The minimum absolute atomic E-state index is 0. The predicted molar refractivity (Wildman–Crippen MR) is 38.8 cm³/mol. The van der Waals surface area contributed by atoms with Gasteiger partial charge in [-0.3, -0.25) is 8.78 Å². The molecule has 7 heteroatoms. The number of halogens is 5. The monoisotopic (exact) mass is 196 g/mol. The first-order valence-corrected chi connectivity index (χ1v) is 4.87. The van der Waals surface area contributed by atoms with Crippen molar-refractivity contribution >= 4 is 34.1 Å². The first-order chi connectivity index (χ1) is 5.04. The van der Waals surface area contributed by atoms with Crippen LogP contribution in [-0.4, -0.2) is 62.7 Å². The van der Waals surface area contributed by atoms with E-state index < -0.39 is 43.8 Å². The van der Waals surface area contributed by atoms with Crippen molar-refractivity contribution in [2.45, 2.75) is 28.6 Å². The van der Waals surface area contributed by atoms with Crippen LogP contribution in [0, 0.1) is 0 Å². The van der Waals surface area contributed by atoms with Crippen molar-refractivity contribution < 1.29 is 22.0 Å². The summed E-state index contributed by atoms with van der Waals surface area (Å²) in [5, 5.41) is -4.15.